The molecule has 0 amide bonds. The maximum absolute atomic E-state index is 11.9. The van der Waals surface area contributed by atoms with Crippen molar-refractivity contribution in [2.45, 2.75) is 39.2 Å². The van der Waals surface area contributed by atoms with Gasteiger partial charge in [0.05, 0.1) is 5.75 Å². The van der Waals surface area contributed by atoms with Crippen LogP contribution in [0.15, 0.2) is 0 Å². The summed E-state index contributed by atoms with van der Waals surface area (Å²) in [5.41, 5.74) is -0.114. The molecule has 1 aliphatic heterocycles. The third kappa shape index (κ3) is 3.74. The summed E-state index contributed by atoms with van der Waals surface area (Å²) < 4.78 is 25.4. The van der Waals surface area contributed by atoms with Crippen molar-refractivity contribution in [3.8, 4) is 0 Å². The van der Waals surface area contributed by atoms with Crippen LogP contribution in [0.2, 0.25) is 0 Å². The Morgan fingerprint density at radius 1 is 1.40 bits per heavy atom. The van der Waals surface area contributed by atoms with Crippen molar-refractivity contribution < 1.29 is 8.42 Å². The van der Waals surface area contributed by atoms with Crippen molar-refractivity contribution in [1.82, 2.24) is 9.62 Å². The molecule has 1 saturated heterocycles. The zero-order chi connectivity index (χ0) is 11.5. The Balaban J connectivity index is 2.76. The fraction of sp³-hybridized carbons (Fsp3) is 1.00. The van der Waals surface area contributed by atoms with Crippen molar-refractivity contribution in [3.05, 3.63) is 0 Å². The van der Waals surface area contributed by atoms with E-state index in [-0.39, 0.29) is 11.3 Å². The molecule has 0 atom stereocenters. The monoisotopic (exact) mass is 234 g/mol. The summed E-state index contributed by atoms with van der Waals surface area (Å²) in [5.74, 6) is 0.222. The molecule has 0 radical (unpaired) electrons. The highest BCUT2D eigenvalue weighted by Gasteiger charge is 2.32. The van der Waals surface area contributed by atoms with Crippen molar-refractivity contribution in [2.24, 2.45) is 0 Å². The Labute approximate surface area is 93.1 Å². The molecule has 1 fully saturated rings. The van der Waals surface area contributed by atoms with E-state index in [1.807, 2.05) is 13.8 Å². The number of nitrogens with zero attached hydrogens (tertiary/aromatic N) is 1. The first-order valence-electron chi connectivity index (χ1n) is 5.60. The number of rotatable bonds is 3. The maximum Gasteiger partial charge on any atom is 0.215 e. The van der Waals surface area contributed by atoms with Crippen LogP contribution in [0.5, 0.6) is 0 Å². The SMILES string of the molecule is CCCCN1CC(C)(C)NCCS1(=O)=O. The van der Waals surface area contributed by atoms with Gasteiger partial charge in [0.1, 0.15) is 0 Å². The number of hydrogen-bond acceptors (Lipinski definition) is 3. The highest BCUT2D eigenvalue weighted by atomic mass is 32.2. The van der Waals surface area contributed by atoms with E-state index in [1.54, 1.807) is 4.31 Å². The minimum absolute atomic E-state index is 0.114. The molecular weight excluding hydrogens is 212 g/mol. The van der Waals surface area contributed by atoms with E-state index in [0.29, 0.717) is 19.6 Å². The van der Waals surface area contributed by atoms with Crippen LogP contribution in [0, 0.1) is 0 Å². The highest BCUT2D eigenvalue weighted by molar-refractivity contribution is 7.89. The minimum Gasteiger partial charge on any atom is -0.309 e. The fourth-order valence-corrected chi connectivity index (χ4v) is 3.34. The molecule has 15 heavy (non-hydrogen) atoms. The first kappa shape index (κ1) is 12.9. The molecule has 0 unspecified atom stereocenters. The van der Waals surface area contributed by atoms with Gasteiger partial charge in [-0.3, -0.25) is 0 Å². The molecule has 0 saturated carbocycles. The number of nitrogens with one attached hydrogen (secondary N) is 1. The normalized spacial score (nSPS) is 26.1. The number of hydrogen-bond donors (Lipinski definition) is 1. The van der Waals surface area contributed by atoms with E-state index in [2.05, 4.69) is 12.2 Å². The zero-order valence-electron chi connectivity index (χ0n) is 9.91. The average Bonchev–Trinajstić information content (AvgIpc) is 2.19. The van der Waals surface area contributed by atoms with E-state index < -0.39 is 10.0 Å². The van der Waals surface area contributed by atoms with Crippen molar-refractivity contribution in [2.75, 3.05) is 25.4 Å². The fourth-order valence-electron chi connectivity index (χ4n) is 1.80. The third-order valence-electron chi connectivity index (χ3n) is 2.69. The standard InChI is InChI=1S/C10H22N2O2S/c1-4-5-7-12-9-10(2,3)11-6-8-15(12,13)14/h11H,4-9H2,1-3H3. The van der Waals surface area contributed by atoms with Gasteiger partial charge in [-0.1, -0.05) is 13.3 Å². The van der Waals surface area contributed by atoms with Crippen LogP contribution in [0.3, 0.4) is 0 Å². The lowest BCUT2D eigenvalue weighted by atomic mass is 10.1. The molecular formula is C10H22N2O2S. The number of unbranched alkanes of at least 4 members (excludes halogenated alkanes) is 1. The molecule has 1 rings (SSSR count). The molecule has 1 heterocycles. The molecule has 4 nitrogen and oxygen atoms in total. The van der Waals surface area contributed by atoms with Crippen LogP contribution >= 0.6 is 0 Å². The summed E-state index contributed by atoms with van der Waals surface area (Å²) in [6.07, 6.45) is 1.97. The Hall–Kier alpha value is -0.130. The molecule has 1 N–H and O–H groups in total. The van der Waals surface area contributed by atoms with Gasteiger partial charge >= 0.3 is 0 Å². The van der Waals surface area contributed by atoms with Crippen molar-refractivity contribution in [1.29, 1.82) is 0 Å². The van der Waals surface area contributed by atoms with Crippen LogP contribution in [-0.4, -0.2) is 43.6 Å². The van der Waals surface area contributed by atoms with Gasteiger partial charge in [0.2, 0.25) is 10.0 Å². The van der Waals surface area contributed by atoms with Gasteiger partial charge in [0.15, 0.2) is 0 Å². The smallest absolute Gasteiger partial charge is 0.215 e. The summed E-state index contributed by atoms with van der Waals surface area (Å²) in [5, 5.41) is 3.26. The lowest BCUT2D eigenvalue weighted by molar-refractivity contribution is 0.301. The van der Waals surface area contributed by atoms with Gasteiger partial charge < -0.3 is 5.32 Å². The molecule has 0 aromatic heterocycles. The van der Waals surface area contributed by atoms with Crippen LogP contribution in [-0.2, 0) is 10.0 Å². The molecule has 0 spiro atoms. The summed E-state index contributed by atoms with van der Waals surface area (Å²) >= 11 is 0. The topological polar surface area (TPSA) is 49.4 Å². The summed E-state index contributed by atoms with van der Waals surface area (Å²) in [6.45, 7) is 7.96. The predicted molar refractivity (Wildman–Crippen MR) is 62.3 cm³/mol. The average molecular weight is 234 g/mol. The van der Waals surface area contributed by atoms with E-state index in [9.17, 15) is 8.42 Å². The van der Waals surface area contributed by atoms with Crippen LogP contribution in [0.25, 0.3) is 0 Å². The Morgan fingerprint density at radius 3 is 2.67 bits per heavy atom. The predicted octanol–water partition coefficient (Wildman–Crippen LogP) is 0.800. The van der Waals surface area contributed by atoms with Crippen LogP contribution in [0.1, 0.15) is 33.6 Å². The van der Waals surface area contributed by atoms with Gasteiger partial charge in [-0.05, 0) is 20.3 Å². The first-order valence-corrected chi connectivity index (χ1v) is 7.21. The minimum atomic E-state index is -3.03. The van der Waals surface area contributed by atoms with Gasteiger partial charge in [0.25, 0.3) is 0 Å². The highest BCUT2D eigenvalue weighted by Crippen LogP contribution is 2.14. The molecule has 0 aliphatic carbocycles. The second-order valence-corrected chi connectivity index (χ2v) is 6.90. The van der Waals surface area contributed by atoms with Gasteiger partial charge in [-0.2, -0.15) is 0 Å². The Kier molecular flexibility index (Phi) is 4.14. The Morgan fingerprint density at radius 2 is 2.07 bits per heavy atom. The second-order valence-electron chi connectivity index (χ2n) is 4.81. The summed E-state index contributed by atoms with van der Waals surface area (Å²) in [7, 11) is -3.03. The molecule has 1 aliphatic rings. The van der Waals surface area contributed by atoms with Gasteiger partial charge in [-0.15, -0.1) is 0 Å². The first-order chi connectivity index (χ1) is 6.87. The molecule has 0 aromatic rings. The van der Waals surface area contributed by atoms with Gasteiger partial charge in [0, 0.05) is 25.2 Å². The van der Waals surface area contributed by atoms with Crippen molar-refractivity contribution in [3.63, 3.8) is 0 Å². The lowest BCUT2D eigenvalue weighted by Gasteiger charge is -2.28. The maximum atomic E-state index is 11.9. The van der Waals surface area contributed by atoms with E-state index in [4.69, 9.17) is 0 Å². The molecule has 90 valence electrons. The quantitative estimate of drug-likeness (QED) is 0.786. The van der Waals surface area contributed by atoms with E-state index in [1.165, 1.54) is 0 Å². The third-order valence-corrected chi connectivity index (χ3v) is 4.51. The lowest BCUT2D eigenvalue weighted by Crippen LogP contribution is -2.47. The molecule has 5 heteroatoms. The van der Waals surface area contributed by atoms with E-state index in [0.717, 1.165) is 12.8 Å². The molecule has 0 aromatic carbocycles. The second kappa shape index (κ2) is 4.80. The summed E-state index contributed by atoms with van der Waals surface area (Å²) in [4.78, 5) is 0. The van der Waals surface area contributed by atoms with Gasteiger partial charge in [-0.25, -0.2) is 12.7 Å². The zero-order valence-corrected chi connectivity index (χ0v) is 10.7. The van der Waals surface area contributed by atoms with Crippen molar-refractivity contribution >= 4 is 10.0 Å². The largest absolute Gasteiger partial charge is 0.309 e. The number of sulfonamides is 1. The van der Waals surface area contributed by atoms with Crippen LogP contribution < -0.4 is 5.32 Å². The van der Waals surface area contributed by atoms with Crippen LogP contribution in [0.4, 0.5) is 0 Å². The summed E-state index contributed by atoms with van der Waals surface area (Å²) in [6, 6.07) is 0. The molecule has 0 bridgehead atoms. The van der Waals surface area contributed by atoms with E-state index >= 15 is 0 Å². The Bertz CT molecular complexity index is 299.